The number of hydrogen-bond donors (Lipinski definition) is 2. The molecular formula is C26H21NO7. The molecule has 0 unspecified atom stereocenters. The normalized spacial score (nSPS) is 10.6. The van der Waals surface area contributed by atoms with Gasteiger partial charge in [-0.25, -0.2) is 14.6 Å². The highest BCUT2D eigenvalue weighted by molar-refractivity contribution is 5.87. The third-order valence-corrected chi connectivity index (χ3v) is 5.05. The second-order valence-corrected chi connectivity index (χ2v) is 7.39. The molecule has 4 rings (SSSR count). The van der Waals surface area contributed by atoms with Crippen molar-refractivity contribution in [1.29, 1.82) is 0 Å². The summed E-state index contributed by atoms with van der Waals surface area (Å²) < 4.78 is 16.3. The molecule has 1 aromatic heterocycles. The summed E-state index contributed by atoms with van der Waals surface area (Å²) in [5.41, 5.74) is 2.75. The highest BCUT2D eigenvalue weighted by Gasteiger charge is 2.11. The van der Waals surface area contributed by atoms with Crippen molar-refractivity contribution in [2.45, 2.75) is 19.8 Å². The zero-order valence-corrected chi connectivity index (χ0v) is 18.0. The van der Waals surface area contributed by atoms with E-state index >= 15 is 0 Å². The predicted octanol–water partition coefficient (Wildman–Crippen LogP) is 5.29. The van der Waals surface area contributed by atoms with Crippen molar-refractivity contribution >= 4 is 23.0 Å². The molecule has 4 aromatic rings. The first kappa shape index (κ1) is 22.6. The van der Waals surface area contributed by atoms with E-state index in [-0.39, 0.29) is 18.8 Å². The molecule has 0 aliphatic carbocycles. The van der Waals surface area contributed by atoms with Crippen LogP contribution < -0.4 is 9.47 Å². The molecule has 2 N–H and O–H groups in total. The van der Waals surface area contributed by atoms with Gasteiger partial charge in [-0.1, -0.05) is 36.4 Å². The molecule has 0 atom stereocenters. The van der Waals surface area contributed by atoms with Crippen molar-refractivity contribution in [3.05, 3.63) is 101 Å². The Morgan fingerprint density at radius 1 is 0.735 bits per heavy atom. The molecule has 0 saturated heterocycles. The molecule has 8 heteroatoms. The number of rotatable bonds is 9. The lowest BCUT2D eigenvalue weighted by atomic mass is 10.0. The van der Waals surface area contributed by atoms with E-state index < -0.39 is 12.1 Å². The van der Waals surface area contributed by atoms with Gasteiger partial charge in [-0.2, -0.15) is 0 Å². The van der Waals surface area contributed by atoms with Gasteiger partial charge in [-0.3, -0.25) is 0 Å². The van der Waals surface area contributed by atoms with Crippen molar-refractivity contribution in [3.8, 4) is 11.5 Å². The summed E-state index contributed by atoms with van der Waals surface area (Å²) in [7, 11) is 0. The van der Waals surface area contributed by atoms with E-state index in [0.29, 0.717) is 29.2 Å². The fourth-order valence-corrected chi connectivity index (χ4v) is 3.33. The van der Waals surface area contributed by atoms with Crippen molar-refractivity contribution in [2.24, 2.45) is 0 Å². The number of hydrogen-bond acceptors (Lipinski definition) is 6. The third kappa shape index (κ3) is 5.80. The third-order valence-electron chi connectivity index (χ3n) is 5.05. The van der Waals surface area contributed by atoms with E-state index in [2.05, 4.69) is 9.72 Å². The first-order valence-corrected chi connectivity index (χ1v) is 10.4. The van der Waals surface area contributed by atoms with Gasteiger partial charge in [0.2, 0.25) is 0 Å². The highest BCUT2D eigenvalue weighted by atomic mass is 16.7. The molecule has 0 fully saturated rings. The minimum atomic E-state index is -1.45. The number of fused-ring (bicyclic) bond motifs is 1. The number of carboxylic acids is 1. The number of nitrogens with zero attached hydrogens (tertiary/aromatic N) is 1. The number of carboxylic acid groups (broad SMARTS) is 2. The number of pyridine rings is 1. The number of para-hydroxylation sites is 1. The maximum Gasteiger partial charge on any atom is 0.506 e. The lowest BCUT2D eigenvalue weighted by Crippen LogP contribution is -2.07. The molecule has 0 aliphatic heterocycles. The van der Waals surface area contributed by atoms with E-state index in [0.717, 1.165) is 16.6 Å². The molecule has 8 nitrogen and oxygen atoms in total. The van der Waals surface area contributed by atoms with E-state index in [1.165, 1.54) is 12.1 Å². The number of carbonyl (C=O) groups is 2. The van der Waals surface area contributed by atoms with Crippen molar-refractivity contribution < 1.29 is 34.0 Å². The van der Waals surface area contributed by atoms with Crippen molar-refractivity contribution in [3.63, 3.8) is 0 Å². The highest BCUT2D eigenvalue weighted by Crippen LogP contribution is 2.23. The van der Waals surface area contributed by atoms with Crippen LogP contribution in [0.5, 0.6) is 11.5 Å². The van der Waals surface area contributed by atoms with Crippen LogP contribution in [0.3, 0.4) is 0 Å². The largest absolute Gasteiger partial charge is 0.506 e. The zero-order valence-electron chi connectivity index (χ0n) is 18.0. The van der Waals surface area contributed by atoms with Gasteiger partial charge in [-0.15, -0.1) is 0 Å². The van der Waals surface area contributed by atoms with Crippen LogP contribution in [0.15, 0.2) is 78.9 Å². The smallest absolute Gasteiger partial charge is 0.489 e. The molecular weight excluding hydrogens is 438 g/mol. The van der Waals surface area contributed by atoms with Gasteiger partial charge in [0, 0.05) is 11.5 Å². The first-order chi connectivity index (χ1) is 16.5. The molecule has 172 valence electrons. The number of aromatic nitrogens is 1. The van der Waals surface area contributed by atoms with Gasteiger partial charge in [0.1, 0.15) is 31.3 Å². The summed E-state index contributed by atoms with van der Waals surface area (Å²) >= 11 is 0. The number of ether oxygens (including phenoxy) is 3. The Bertz CT molecular complexity index is 1340. The van der Waals surface area contributed by atoms with Crippen LogP contribution in [0.2, 0.25) is 0 Å². The Morgan fingerprint density at radius 2 is 1.50 bits per heavy atom. The van der Waals surface area contributed by atoms with Crippen LogP contribution in [0, 0.1) is 0 Å². The topological polar surface area (TPSA) is 115 Å². The number of aromatic carboxylic acids is 1. The van der Waals surface area contributed by atoms with Crippen LogP contribution in [0.25, 0.3) is 10.9 Å². The fourth-order valence-electron chi connectivity index (χ4n) is 3.33. The number of benzene rings is 3. The maximum absolute atomic E-state index is 11.2. The van der Waals surface area contributed by atoms with Gasteiger partial charge in [0.25, 0.3) is 0 Å². The lowest BCUT2D eigenvalue weighted by Gasteiger charge is -2.13. The minimum absolute atomic E-state index is 0.0328. The molecule has 0 spiro atoms. The SMILES string of the molecule is O=C(O)OCc1cc(C(=O)O)ccc1COc1cccc(OCc2ccc3ccccc3n2)c1. The fraction of sp³-hybridized carbons (Fsp3) is 0.115. The Morgan fingerprint density at radius 3 is 2.26 bits per heavy atom. The first-order valence-electron chi connectivity index (χ1n) is 10.4. The average molecular weight is 459 g/mol. The van der Waals surface area contributed by atoms with Crippen LogP contribution in [-0.4, -0.2) is 27.3 Å². The molecule has 0 saturated carbocycles. The van der Waals surface area contributed by atoms with Gasteiger partial charge in [0.05, 0.1) is 16.8 Å². The van der Waals surface area contributed by atoms with E-state index in [1.807, 2.05) is 42.5 Å². The van der Waals surface area contributed by atoms with Crippen LogP contribution >= 0.6 is 0 Å². The molecule has 0 bridgehead atoms. The maximum atomic E-state index is 11.2. The van der Waals surface area contributed by atoms with Crippen LogP contribution in [0.4, 0.5) is 4.79 Å². The van der Waals surface area contributed by atoms with E-state index in [9.17, 15) is 14.7 Å². The Hall–Kier alpha value is -4.59. The quantitative estimate of drug-likeness (QED) is 0.325. The summed E-state index contributed by atoms with van der Waals surface area (Å²) in [6.07, 6.45) is -1.45. The Kier molecular flexibility index (Phi) is 6.88. The second kappa shape index (κ2) is 10.4. The van der Waals surface area contributed by atoms with Gasteiger partial charge < -0.3 is 24.4 Å². The predicted molar refractivity (Wildman–Crippen MR) is 123 cm³/mol. The summed E-state index contributed by atoms with van der Waals surface area (Å²) in [5, 5.41) is 19.0. The van der Waals surface area contributed by atoms with Gasteiger partial charge >= 0.3 is 12.1 Å². The zero-order chi connectivity index (χ0) is 23.9. The molecule has 34 heavy (non-hydrogen) atoms. The summed E-state index contributed by atoms with van der Waals surface area (Å²) in [6.45, 7) is 0.104. The standard InChI is InChI=1S/C26H21NO7/c28-25(29)18-8-9-19(20(12-18)15-34-26(30)31)14-32-22-5-3-6-23(13-22)33-16-21-11-10-17-4-1-2-7-24(17)27-21/h1-13H,14-16H2,(H,28,29)(H,30,31). The second-order valence-electron chi connectivity index (χ2n) is 7.39. The Balaban J connectivity index is 1.42. The van der Waals surface area contributed by atoms with Crippen LogP contribution in [-0.2, 0) is 24.6 Å². The summed E-state index contributed by atoms with van der Waals surface area (Å²) in [6, 6.07) is 23.3. The van der Waals surface area contributed by atoms with Crippen molar-refractivity contribution in [1.82, 2.24) is 4.98 Å². The molecule has 1 heterocycles. The summed E-state index contributed by atoms with van der Waals surface area (Å²) in [5.74, 6) is 0.0225. The molecule has 0 radical (unpaired) electrons. The Labute approximate surface area is 195 Å². The van der Waals surface area contributed by atoms with E-state index in [1.54, 1.807) is 24.3 Å². The molecule has 0 amide bonds. The van der Waals surface area contributed by atoms with E-state index in [4.69, 9.17) is 14.6 Å². The summed E-state index contributed by atoms with van der Waals surface area (Å²) in [4.78, 5) is 26.6. The van der Waals surface area contributed by atoms with Gasteiger partial charge in [0.15, 0.2) is 0 Å². The minimum Gasteiger partial charge on any atom is -0.489 e. The molecule has 0 aliphatic rings. The lowest BCUT2D eigenvalue weighted by molar-refractivity contribution is 0.0696. The molecule has 3 aromatic carbocycles. The van der Waals surface area contributed by atoms with Crippen LogP contribution in [0.1, 0.15) is 27.2 Å². The van der Waals surface area contributed by atoms with Gasteiger partial charge in [-0.05, 0) is 47.5 Å². The monoisotopic (exact) mass is 459 g/mol. The average Bonchev–Trinajstić information content (AvgIpc) is 2.85. The van der Waals surface area contributed by atoms with Crippen molar-refractivity contribution in [2.75, 3.05) is 0 Å².